The van der Waals surface area contributed by atoms with E-state index in [0.717, 1.165) is 16.8 Å². The van der Waals surface area contributed by atoms with E-state index in [4.69, 9.17) is 0 Å². The summed E-state index contributed by atoms with van der Waals surface area (Å²) in [5.74, 6) is 0. The summed E-state index contributed by atoms with van der Waals surface area (Å²) in [7, 11) is -3.49. The Morgan fingerprint density at radius 1 is 1.05 bits per heavy atom. The topological polar surface area (TPSA) is 46.2 Å². The molecule has 0 amide bonds. The molecule has 0 heterocycles. The quantitative estimate of drug-likeness (QED) is 0.883. The van der Waals surface area contributed by atoms with Crippen molar-refractivity contribution in [3.8, 4) is 0 Å². The van der Waals surface area contributed by atoms with Gasteiger partial charge in [-0.1, -0.05) is 35.9 Å². The van der Waals surface area contributed by atoms with E-state index in [0.29, 0.717) is 9.13 Å². The molecule has 0 aliphatic carbocycles. The molecule has 0 spiro atoms. The van der Waals surface area contributed by atoms with Gasteiger partial charge in [0.05, 0.1) is 4.90 Å². The Hall–Kier alpha value is -1.72. The van der Waals surface area contributed by atoms with Gasteiger partial charge in [-0.25, -0.2) is 8.42 Å². The Balaban J connectivity index is 2.32. The van der Waals surface area contributed by atoms with Gasteiger partial charge in [-0.2, -0.15) is 0 Å². The summed E-state index contributed by atoms with van der Waals surface area (Å²) >= 11 is 1.21. The number of aryl methyl sites for hydroxylation is 2. The summed E-state index contributed by atoms with van der Waals surface area (Å²) in [6, 6.07) is 14.6. The average Bonchev–Trinajstić information content (AvgIpc) is 2.50. The molecule has 0 aliphatic rings. The summed E-state index contributed by atoms with van der Waals surface area (Å²) < 4.78 is 25.6. The van der Waals surface area contributed by atoms with Crippen LogP contribution in [0.5, 0.6) is 0 Å². The second kappa shape index (κ2) is 7.03. The molecular formula is C17H19NO2S2. The molecule has 0 aliphatic heterocycles. The molecule has 0 unspecified atom stereocenters. The standard InChI is InChI=1S/C17H19NO2S2/c1-13-8-10-15(11-9-13)22(19,20)17(21-3)12-18-16-7-5-4-6-14(16)2/h4-12,18H,1-3H3/b17-12+. The van der Waals surface area contributed by atoms with Gasteiger partial charge in [-0.3, -0.25) is 0 Å². The lowest BCUT2D eigenvalue weighted by molar-refractivity contribution is 0.604. The minimum absolute atomic E-state index is 0.291. The minimum atomic E-state index is -3.49. The molecule has 0 aromatic heterocycles. The van der Waals surface area contributed by atoms with Gasteiger partial charge >= 0.3 is 0 Å². The summed E-state index contributed by atoms with van der Waals surface area (Å²) in [5, 5.41) is 3.09. The summed E-state index contributed by atoms with van der Waals surface area (Å²) in [4.78, 5) is 0.310. The highest BCUT2D eigenvalue weighted by molar-refractivity contribution is 8.18. The minimum Gasteiger partial charge on any atom is -0.360 e. The zero-order chi connectivity index (χ0) is 16.2. The molecule has 2 aromatic carbocycles. The molecule has 0 bridgehead atoms. The van der Waals surface area contributed by atoms with Gasteiger partial charge in [0, 0.05) is 11.9 Å². The van der Waals surface area contributed by atoms with Crippen LogP contribution in [0.2, 0.25) is 0 Å². The Morgan fingerprint density at radius 2 is 1.68 bits per heavy atom. The molecule has 0 saturated heterocycles. The predicted molar refractivity (Wildman–Crippen MR) is 94.8 cm³/mol. The zero-order valence-corrected chi connectivity index (χ0v) is 14.5. The fraction of sp³-hybridized carbons (Fsp3) is 0.176. The second-order valence-corrected chi connectivity index (χ2v) is 7.97. The van der Waals surface area contributed by atoms with Gasteiger partial charge in [-0.15, -0.1) is 11.8 Å². The number of para-hydroxylation sites is 1. The summed E-state index contributed by atoms with van der Waals surface area (Å²) in [6.07, 6.45) is 3.32. The average molecular weight is 333 g/mol. The van der Waals surface area contributed by atoms with Crippen LogP contribution in [0.1, 0.15) is 11.1 Å². The molecule has 22 heavy (non-hydrogen) atoms. The zero-order valence-electron chi connectivity index (χ0n) is 12.8. The highest BCUT2D eigenvalue weighted by atomic mass is 32.3. The highest BCUT2D eigenvalue weighted by Gasteiger charge is 2.20. The first-order valence-corrected chi connectivity index (χ1v) is 9.54. The third-order valence-electron chi connectivity index (χ3n) is 3.29. The third kappa shape index (κ3) is 3.72. The second-order valence-electron chi connectivity index (χ2n) is 4.94. The lowest BCUT2D eigenvalue weighted by Gasteiger charge is -2.09. The van der Waals surface area contributed by atoms with Gasteiger partial charge < -0.3 is 5.32 Å². The van der Waals surface area contributed by atoms with E-state index in [9.17, 15) is 8.42 Å². The molecule has 0 radical (unpaired) electrons. The molecular weight excluding hydrogens is 314 g/mol. The van der Waals surface area contributed by atoms with E-state index < -0.39 is 9.84 Å². The van der Waals surface area contributed by atoms with E-state index in [2.05, 4.69) is 5.32 Å². The third-order valence-corrected chi connectivity index (χ3v) is 6.51. The van der Waals surface area contributed by atoms with Crippen LogP contribution in [0, 0.1) is 13.8 Å². The first kappa shape index (κ1) is 16.6. The molecule has 0 atom stereocenters. The van der Waals surface area contributed by atoms with E-state index in [1.165, 1.54) is 11.8 Å². The monoisotopic (exact) mass is 333 g/mol. The maximum absolute atomic E-state index is 12.7. The molecule has 0 saturated carbocycles. The SMILES string of the molecule is CS/C(=C\Nc1ccccc1C)S(=O)(=O)c1ccc(C)cc1. The van der Waals surface area contributed by atoms with Crippen LogP contribution < -0.4 is 5.32 Å². The number of benzene rings is 2. The largest absolute Gasteiger partial charge is 0.360 e. The number of sulfone groups is 1. The van der Waals surface area contributed by atoms with Crippen LogP contribution in [-0.4, -0.2) is 14.7 Å². The van der Waals surface area contributed by atoms with Gasteiger partial charge in [0.1, 0.15) is 4.24 Å². The molecule has 116 valence electrons. The molecule has 0 fully saturated rings. The van der Waals surface area contributed by atoms with Gasteiger partial charge in [0.15, 0.2) is 0 Å². The molecule has 3 nitrogen and oxygen atoms in total. The van der Waals surface area contributed by atoms with Gasteiger partial charge in [0.25, 0.3) is 0 Å². The van der Waals surface area contributed by atoms with Crippen molar-refractivity contribution in [1.29, 1.82) is 0 Å². The fourth-order valence-electron chi connectivity index (χ4n) is 1.95. The lowest BCUT2D eigenvalue weighted by atomic mass is 10.2. The molecule has 2 rings (SSSR count). The molecule has 1 N–H and O–H groups in total. The van der Waals surface area contributed by atoms with Crippen molar-refractivity contribution in [2.75, 3.05) is 11.6 Å². The molecule has 2 aromatic rings. The van der Waals surface area contributed by atoms with Gasteiger partial charge in [-0.05, 0) is 43.9 Å². The van der Waals surface area contributed by atoms with E-state index in [-0.39, 0.29) is 0 Å². The van der Waals surface area contributed by atoms with Crippen molar-refractivity contribution in [1.82, 2.24) is 0 Å². The van der Waals surface area contributed by atoms with Crippen LogP contribution in [0.3, 0.4) is 0 Å². The van der Waals surface area contributed by atoms with Crippen molar-refractivity contribution in [3.63, 3.8) is 0 Å². The smallest absolute Gasteiger partial charge is 0.213 e. The van der Waals surface area contributed by atoms with E-state index >= 15 is 0 Å². The van der Waals surface area contributed by atoms with Crippen molar-refractivity contribution >= 4 is 27.3 Å². The van der Waals surface area contributed by atoms with Crippen LogP contribution in [0.15, 0.2) is 63.9 Å². The number of rotatable bonds is 5. The Bertz CT molecular complexity index is 779. The maximum atomic E-state index is 12.7. The summed E-state index contributed by atoms with van der Waals surface area (Å²) in [5.41, 5.74) is 2.99. The Kier molecular flexibility index (Phi) is 5.32. The highest BCUT2D eigenvalue weighted by Crippen LogP contribution is 2.27. The van der Waals surface area contributed by atoms with Gasteiger partial charge in [0.2, 0.25) is 9.84 Å². The number of thioether (sulfide) groups is 1. The van der Waals surface area contributed by atoms with Crippen molar-refractivity contribution in [2.45, 2.75) is 18.7 Å². The number of anilines is 1. The number of hydrogen-bond donors (Lipinski definition) is 1. The van der Waals surface area contributed by atoms with Crippen molar-refractivity contribution < 1.29 is 8.42 Å². The van der Waals surface area contributed by atoms with Crippen molar-refractivity contribution in [3.05, 3.63) is 70.1 Å². The van der Waals surface area contributed by atoms with Crippen LogP contribution in [0.25, 0.3) is 0 Å². The fourth-order valence-corrected chi connectivity index (χ4v) is 4.24. The van der Waals surface area contributed by atoms with Crippen LogP contribution >= 0.6 is 11.8 Å². The van der Waals surface area contributed by atoms with Crippen molar-refractivity contribution in [2.24, 2.45) is 0 Å². The predicted octanol–water partition coefficient (Wildman–Crippen LogP) is 4.35. The Labute approximate surface area is 136 Å². The Morgan fingerprint density at radius 3 is 2.27 bits per heavy atom. The maximum Gasteiger partial charge on any atom is 0.213 e. The lowest BCUT2D eigenvalue weighted by Crippen LogP contribution is -2.04. The van der Waals surface area contributed by atoms with Crippen LogP contribution in [-0.2, 0) is 9.84 Å². The number of nitrogens with one attached hydrogen (secondary N) is 1. The summed E-state index contributed by atoms with van der Waals surface area (Å²) in [6.45, 7) is 3.91. The number of hydrogen-bond acceptors (Lipinski definition) is 4. The van der Waals surface area contributed by atoms with E-state index in [1.807, 2.05) is 38.1 Å². The van der Waals surface area contributed by atoms with Crippen LogP contribution in [0.4, 0.5) is 5.69 Å². The normalized spacial score (nSPS) is 12.2. The van der Waals surface area contributed by atoms with E-state index in [1.54, 1.807) is 36.7 Å². The first-order valence-electron chi connectivity index (χ1n) is 6.83. The first-order chi connectivity index (χ1) is 10.4. The molecule has 5 heteroatoms.